The van der Waals surface area contributed by atoms with Gasteiger partial charge in [0.1, 0.15) is 5.56 Å². The highest BCUT2D eigenvalue weighted by molar-refractivity contribution is 6.39. The first kappa shape index (κ1) is 30.0. The molecule has 43 heavy (non-hydrogen) atoms. The lowest BCUT2D eigenvalue weighted by Crippen LogP contribution is -2.40. The fraction of sp³-hybridized carbons (Fsp3) is 0.233. The monoisotopic (exact) mass is 623 g/mol. The van der Waals surface area contributed by atoms with Crippen molar-refractivity contribution < 1.29 is 19.4 Å². The van der Waals surface area contributed by atoms with E-state index in [2.05, 4.69) is 10.6 Å². The number of methoxy groups -OCH3 is 1. The number of carbonyl (C=O) groups is 2. The second kappa shape index (κ2) is 12.0. The largest absolute Gasteiger partial charge is 0.481 e. The summed E-state index contributed by atoms with van der Waals surface area (Å²) in [6.45, 7) is -0.176. The summed E-state index contributed by atoms with van der Waals surface area (Å²) in [6, 6.07) is 12.2. The van der Waals surface area contributed by atoms with Crippen LogP contribution in [0, 0.1) is 0 Å². The standard InChI is InChI=1S/C30H27Cl2N5O6/c1-36-14-19(29(41)37(2)30(36)42)27(40)34-21-9-5-7-17(26(21)32)16-6-4-8-18(25(16)31)22-12-15-10-11-20(33-13-23(38)39)24(15)28(35-22)43-3/h4-9,12,14,20,33H,10-11,13H2,1-3H3,(H,34,40)(H,38,39)/t20-/m0/s1. The van der Waals surface area contributed by atoms with Crippen molar-refractivity contribution in [3.63, 3.8) is 0 Å². The van der Waals surface area contributed by atoms with E-state index in [1.807, 2.05) is 18.2 Å². The van der Waals surface area contributed by atoms with Gasteiger partial charge in [-0.1, -0.05) is 53.5 Å². The number of hydrogen-bond donors (Lipinski definition) is 3. The normalized spacial score (nSPS) is 13.9. The first-order valence-corrected chi connectivity index (χ1v) is 14.0. The first-order chi connectivity index (χ1) is 20.5. The van der Waals surface area contributed by atoms with Gasteiger partial charge in [-0.25, -0.2) is 9.78 Å². The van der Waals surface area contributed by atoms with E-state index in [0.29, 0.717) is 46.1 Å². The van der Waals surface area contributed by atoms with E-state index in [1.165, 1.54) is 27.4 Å². The number of hydrogen-bond acceptors (Lipinski definition) is 7. The van der Waals surface area contributed by atoms with E-state index in [1.54, 1.807) is 24.3 Å². The Kier molecular flexibility index (Phi) is 8.41. The number of aromatic nitrogens is 3. The number of aryl methyl sites for hydroxylation is 2. The number of carbonyl (C=O) groups excluding carboxylic acids is 1. The zero-order valence-electron chi connectivity index (χ0n) is 23.4. The molecule has 1 amide bonds. The molecule has 5 rings (SSSR count). The highest BCUT2D eigenvalue weighted by Gasteiger charge is 2.29. The molecule has 0 saturated carbocycles. The average molecular weight is 624 g/mol. The van der Waals surface area contributed by atoms with Crippen LogP contribution in [0.4, 0.5) is 5.69 Å². The number of aliphatic carboxylic acids is 1. The molecule has 0 unspecified atom stereocenters. The molecule has 4 aromatic rings. The molecule has 2 heterocycles. The number of fused-ring (bicyclic) bond motifs is 1. The van der Waals surface area contributed by atoms with Gasteiger partial charge in [0.15, 0.2) is 0 Å². The topological polar surface area (TPSA) is 145 Å². The van der Waals surface area contributed by atoms with Gasteiger partial charge in [0.25, 0.3) is 11.5 Å². The van der Waals surface area contributed by atoms with Crippen molar-refractivity contribution in [1.29, 1.82) is 0 Å². The third-order valence-corrected chi connectivity index (χ3v) is 8.17. The third-order valence-electron chi connectivity index (χ3n) is 7.36. The second-order valence-electron chi connectivity index (χ2n) is 10.0. The van der Waals surface area contributed by atoms with Gasteiger partial charge in [-0.2, -0.15) is 0 Å². The fourth-order valence-corrected chi connectivity index (χ4v) is 5.84. The maximum absolute atomic E-state index is 13.0. The molecule has 2 aromatic carbocycles. The number of amides is 1. The number of nitrogens with zero attached hydrogens (tertiary/aromatic N) is 3. The Balaban J connectivity index is 1.50. The lowest BCUT2D eigenvalue weighted by molar-refractivity contribution is -0.136. The quantitative estimate of drug-likeness (QED) is 0.267. The van der Waals surface area contributed by atoms with Crippen molar-refractivity contribution in [1.82, 2.24) is 19.4 Å². The van der Waals surface area contributed by atoms with Crippen LogP contribution >= 0.6 is 23.2 Å². The van der Waals surface area contributed by atoms with Crippen LogP contribution in [0.15, 0.2) is 58.3 Å². The maximum atomic E-state index is 13.0. The molecule has 0 spiro atoms. The van der Waals surface area contributed by atoms with Crippen LogP contribution in [-0.2, 0) is 25.3 Å². The summed E-state index contributed by atoms with van der Waals surface area (Å²) in [4.78, 5) is 53.4. The molecule has 222 valence electrons. The van der Waals surface area contributed by atoms with Crippen molar-refractivity contribution in [3.8, 4) is 28.3 Å². The van der Waals surface area contributed by atoms with Gasteiger partial charge < -0.3 is 19.7 Å². The van der Waals surface area contributed by atoms with Crippen LogP contribution in [0.2, 0.25) is 10.0 Å². The lowest BCUT2D eigenvalue weighted by Gasteiger charge is -2.17. The average Bonchev–Trinajstić information content (AvgIpc) is 3.40. The zero-order chi connectivity index (χ0) is 31.0. The van der Waals surface area contributed by atoms with Gasteiger partial charge >= 0.3 is 11.7 Å². The molecular formula is C30H27Cl2N5O6. The highest BCUT2D eigenvalue weighted by Crippen LogP contribution is 2.44. The number of anilines is 1. The highest BCUT2D eigenvalue weighted by atomic mass is 35.5. The smallest absolute Gasteiger partial charge is 0.330 e. The molecule has 0 bridgehead atoms. The number of carboxylic acids is 1. The van der Waals surface area contributed by atoms with Gasteiger partial charge in [0.05, 0.1) is 35.1 Å². The summed E-state index contributed by atoms with van der Waals surface area (Å²) in [6.07, 6.45) is 2.60. The van der Waals surface area contributed by atoms with Crippen LogP contribution in [0.1, 0.15) is 33.9 Å². The van der Waals surface area contributed by atoms with Crippen molar-refractivity contribution in [2.24, 2.45) is 14.1 Å². The van der Waals surface area contributed by atoms with E-state index >= 15 is 0 Å². The summed E-state index contributed by atoms with van der Waals surface area (Å²) < 4.78 is 7.60. The minimum absolute atomic E-state index is 0.176. The number of nitrogens with one attached hydrogen (secondary N) is 2. The van der Waals surface area contributed by atoms with Crippen molar-refractivity contribution >= 4 is 40.8 Å². The molecule has 1 aliphatic rings. The molecule has 13 heteroatoms. The molecular weight excluding hydrogens is 597 g/mol. The van der Waals surface area contributed by atoms with Crippen molar-refractivity contribution in [3.05, 3.63) is 96.2 Å². The van der Waals surface area contributed by atoms with Crippen molar-refractivity contribution in [2.45, 2.75) is 18.9 Å². The first-order valence-electron chi connectivity index (χ1n) is 13.2. The molecule has 0 fully saturated rings. The van der Waals surface area contributed by atoms with E-state index in [4.69, 9.17) is 38.0 Å². The molecule has 1 atom stereocenters. The van der Waals surface area contributed by atoms with Crippen LogP contribution in [-0.4, -0.2) is 44.8 Å². The molecule has 0 saturated heterocycles. The van der Waals surface area contributed by atoms with E-state index in [0.717, 1.165) is 20.3 Å². The number of carboxylic acid groups (broad SMARTS) is 1. The Morgan fingerprint density at radius 2 is 1.74 bits per heavy atom. The van der Waals surface area contributed by atoms with Crippen LogP contribution in [0.3, 0.4) is 0 Å². The molecule has 1 aliphatic carbocycles. The molecule has 11 nitrogen and oxygen atoms in total. The number of benzene rings is 2. The SMILES string of the molecule is COc1nc(-c2cccc(-c3cccc(NC(=O)c4cn(C)c(=O)n(C)c4=O)c3Cl)c2Cl)cc2c1[C@@H](NCC(=O)O)CC2. The maximum Gasteiger partial charge on any atom is 0.330 e. The summed E-state index contributed by atoms with van der Waals surface area (Å²) >= 11 is 13.7. The molecule has 0 aliphatic heterocycles. The molecule has 3 N–H and O–H groups in total. The van der Waals surface area contributed by atoms with E-state index < -0.39 is 23.1 Å². The van der Waals surface area contributed by atoms with Gasteiger partial charge in [-0.05, 0) is 30.5 Å². The minimum Gasteiger partial charge on any atom is -0.481 e. The Hall–Kier alpha value is -4.45. The Bertz CT molecular complexity index is 1900. The summed E-state index contributed by atoms with van der Waals surface area (Å²) in [5.74, 6) is -1.28. The minimum atomic E-state index is -0.945. The third kappa shape index (κ3) is 5.66. The van der Waals surface area contributed by atoms with Gasteiger partial charge in [-0.3, -0.25) is 24.3 Å². The number of ether oxygens (including phenoxy) is 1. The van der Waals surface area contributed by atoms with E-state index in [-0.39, 0.29) is 28.9 Å². The van der Waals surface area contributed by atoms with Crippen molar-refractivity contribution in [2.75, 3.05) is 19.0 Å². The second-order valence-corrected chi connectivity index (χ2v) is 10.8. The van der Waals surface area contributed by atoms with Crippen LogP contribution in [0.5, 0.6) is 5.88 Å². The summed E-state index contributed by atoms with van der Waals surface area (Å²) in [7, 11) is 4.26. The van der Waals surface area contributed by atoms with Crippen LogP contribution in [0.25, 0.3) is 22.4 Å². The predicted molar refractivity (Wildman–Crippen MR) is 163 cm³/mol. The summed E-state index contributed by atoms with van der Waals surface area (Å²) in [5, 5.41) is 15.4. The van der Waals surface area contributed by atoms with Gasteiger partial charge in [-0.15, -0.1) is 0 Å². The molecule has 2 aromatic heterocycles. The molecule has 0 radical (unpaired) electrons. The predicted octanol–water partition coefficient (Wildman–Crippen LogP) is 4.04. The Morgan fingerprint density at radius 1 is 1.07 bits per heavy atom. The number of rotatable bonds is 8. The fourth-order valence-electron chi connectivity index (χ4n) is 5.24. The van der Waals surface area contributed by atoms with Crippen LogP contribution < -0.4 is 26.6 Å². The zero-order valence-corrected chi connectivity index (χ0v) is 24.9. The number of pyridine rings is 1. The summed E-state index contributed by atoms with van der Waals surface area (Å²) in [5.41, 5.74) is 2.88. The van der Waals surface area contributed by atoms with E-state index in [9.17, 15) is 19.2 Å². The number of halogens is 2. The Morgan fingerprint density at radius 3 is 2.44 bits per heavy atom. The van der Waals surface area contributed by atoms with Gasteiger partial charge in [0, 0.05) is 48.6 Å². The van der Waals surface area contributed by atoms with Gasteiger partial charge in [0.2, 0.25) is 5.88 Å². The lowest BCUT2D eigenvalue weighted by atomic mass is 9.99. The Labute approximate surface area is 255 Å².